The third kappa shape index (κ3) is 3.99. The minimum atomic E-state index is -0.00946. The maximum Gasteiger partial charge on any atom is 0.253 e. The first-order valence-corrected chi connectivity index (χ1v) is 7.51. The SMILES string of the molecule is CCN(CC)C(=O)c1ccc(C(=O)N2CC[C@@H](N)C2)cc1.Cl. The zero-order valence-corrected chi connectivity index (χ0v) is 13.9. The topological polar surface area (TPSA) is 66.6 Å². The number of nitrogens with zero attached hydrogens (tertiary/aromatic N) is 2. The summed E-state index contributed by atoms with van der Waals surface area (Å²) in [5.41, 5.74) is 7.05. The number of likely N-dealkylation sites (tertiary alicyclic amines) is 1. The van der Waals surface area contributed by atoms with Gasteiger partial charge in [-0.15, -0.1) is 12.4 Å². The van der Waals surface area contributed by atoms with Crippen LogP contribution in [0.1, 0.15) is 41.0 Å². The van der Waals surface area contributed by atoms with Gasteiger partial charge in [0.05, 0.1) is 0 Å². The minimum Gasteiger partial charge on any atom is -0.339 e. The van der Waals surface area contributed by atoms with Crippen LogP contribution in [0.5, 0.6) is 0 Å². The normalized spacial score (nSPS) is 17.0. The molecule has 0 unspecified atom stereocenters. The molecule has 6 heteroatoms. The summed E-state index contributed by atoms with van der Waals surface area (Å²) >= 11 is 0. The smallest absolute Gasteiger partial charge is 0.253 e. The third-order valence-electron chi connectivity index (χ3n) is 3.94. The highest BCUT2D eigenvalue weighted by Crippen LogP contribution is 2.14. The molecule has 5 nitrogen and oxygen atoms in total. The van der Waals surface area contributed by atoms with Crippen LogP contribution in [0.4, 0.5) is 0 Å². The molecule has 2 amide bonds. The van der Waals surface area contributed by atoms with E-state index < -0.39 is 0 Å². The van der Waals surface area contributed by atoms with Crippen molar-refractivity contribution >= 4 is 24.2 Å². The van der Waals surface area contributed by atoms with Gasteiger partial charge < -0.3 is 15.5 Å². The number of rotatable bonds is 4. The zero-order chi connectivity index (χ0) is 15.4. The van der Waals surface area contributed by atoms with E-state index in [1.807, 2.05) is 13.8 Å². The molecule has 2 N–H and O–H groups in total. The van der Waals surface area contributed by atoms with Crippen LogP contribution in [-0.2, 0) is 0 Å². The quantitative estimate of drug-likeness (QED) is 0.917. The largest absolute Gasteiger partial charge is 0.339 e. The molecule has 1 saturated heterocycles. The Hall–Kier alpha value is -1.59. The summed E-state index contributed by atoms with van der Waals surface area (Å²) in [6.45, 7) is 6.59. The van der Waals surface area contributed by atoms with Crippen LogP contribution in [0.2, 0.25) is 0 Å². The van der Waals surface area contributed by atoms with E-state index in [1.165, 1.54) is 0 Å². The van der Waals surface area contributed by atoms with Crippen LogP contribution in [0.15, 0.2) is 24.3 Å². The Morgan fingerprint density at radius 3 is 2.18 bits per heavy atom. The van der Waals surface area contributed by atoms with Crippen molar-refractivity contribution in [3.63, 3.8) is 0 Å². The van der Waals surface area contributed by atoms with Gasteiger partial charge >= 0.3 is 0 Å². The van der Waals surface area contributed by atoms with Gasteiger partial charge in [0.1, 0.15) is 0 Å². The number of benzene rings is 1. The van der Waals surface area contributed by atoms with Crippen molar-refractivity contribution in [1.82, 2.24) is 9.80 Å². The van der Waals surface area contributed by atoms with Crippen molar-refractivity contribution in [2.24, 2.45) is 5.73 Å². The maximum absolute atomic E-state index is 12.3. The summed E-state index contributed by atoms with van der Waals surface area (Å²) in [7, 11) is 0. The molecule has 1 aromatic carbocycles. The summed E-state index contributed by atoms with van der Waals surface area (Å²) in [6.07, 6.45) is 0.851. The molecule has 22 heavy (non-hydrogen) atoms. The lowest BCUT2D eigenvalue weighted by atomic mass is 10.1. The standard InChI is InChI=1S/C16H23N3O2.ClH/c1-3-18(4-2)15(20)12-5-7-13(8-6-12)16(21)19-10-9-14(17)11-19;/h5-8,14H,3-4,9-11,17H2,1-2H3;1H/t14-;/m1./s1. The minimum absolute atomic E-state index is 0. The lowest BCUT2D eigenvalue weighted by molar-refractivity contribution is 0.0767. The van der Waals surface area contributed by atoms with E-state index in [9.17, 15) is 9.59 Å². The molecule has 1 fully saturated rings. The number of carbonyl (C=O) groups excluding carboxylic acids is 2. The first-order valence-electron chi connectivity index (χ1n) is 7.51. The van der Waals surface area contributed by atoms with Crippen LogP contribution < -0.4 is 5.73 Å². The second-order valence-electron chi connectivity index (χ2n) is 5.35. The summed E-state index contributed by atoms with van der Waals surface area (Å²) in [5.74, 6) is -0.00742. The molecule has 0 aromatic heterocycles. The van der Waals surface area contributed by atoms with Gasteiger partial charge in [-0.1, -0.05) is 0 Å². The molecule has 1 aliphatic rings. The molecule has 0 spiro atoms. The van der Waals surface area contributed by atoms with E-state index in [0.29, 0.717) is 37.3 Å². The third-order valence-corrected chi connectivity index (χ3v) is 3.94. The molecule has 0 aliphatic carbocycles. The fourth-order valence-corrected chi connectivity index (χ4v) is 2.60. The highest BCUT2D eigenvalue weighted by Gasteiger charge is 2.24. The Labute approximate surface area is 137 Å². The van der Waals surface area contributed by atoms with E-state index in [0.717, 1.165) is 6.42 Å². The zero-order valence-electron chi connectivity index (χ0n) is 13.1. The van der Waals surface area contributed by atoms with Crippen molar-refractivity contribution in [3.05, 3.63) is 35.4 Å². The molecular formula is C16H24ClN3O2. The average Bonchev–Trinajstić information content (AvgIpc) is 2.94. The highest BCUT2D eigenvalue weighted by molar-refractivity contribution is 5.98. The number of hydrogen-bond acceptors (Lipinski definition) is 3. The van der Waals surface area contributed by atoms with E-state index in [1.54, 1.807) is 34.1 Å². The number of carbonyl (C=O) groups is 2. The molecule has 0 saturated carbocycles. The van der Waals surface area contributed by atoms with Crippen LogP contribution in [-0.4, -0.2) is 53.8 Å². The number of halogens is 1. The Morgan fingerprint density at radius 2 is 1.73 bits per heavy atom. The molecule has 2 rings (SSSR count). The Morgan fingerprint density at radius 1 is 1.18 bits per heavy atom. The number of hydrogen-bond donors (Lipinski definition) is 1. The van der Waals surface area contributed by atoms with Gasteiger partial charge in [0.2, 0.25) is 0 Å². The van der Waals surface area contributed by atoms with E-state index in [2.05, 4.69) is 0 Å². The number of nitrogens with two attached hydrogens (primary N) is 1. The first kappa shape index (κ1) is 18.5. The van der Waals surface area contributed by atoms with Gasteiger partial charge in [-0.3, -0.25) is 9.59 Å². The predicted molar refractivity (Wildman–Crippen MR) is 89.4 cm³/mol. The van der Waals surface area contributed by atoms with Crippen molar-refractivity contribution in [3.8, 4) is 0 Å². The van der Waals surface area contributed by atoms with Crippen molar-refractivity contribution < 1.29 is 9.59 Å². The Bertz CT molecular complexity index is 515. The van der Waals surface area contributed by atoms with Gasteiger partial charge in [-0.2, -0.15) is 0 Å². The van der Waals surface area contributed by atoms with Gasteiger partial charge in [-0.25, -0.2) is 0 Å². The Balaban J connectivity index is 0.00000242. The predicted octanol–water partition coefficient (Wildman–Crippen LogP) is 1.76. The number of amides is 2. The van der Waals surface area contributed by atoms with Crippen LogP contribution in [0.25, 0.3) is 0 Å². The summed E-state index contributed by atoms with van der Waals surface area (Å²) in [4.78, 5) is 28.0. The second-order valence-corrected chi connectivity index (χ2v) is 5.35. The van der Waals surface area contributed by atoms with Crippen LogP contribution in [0.3, 0.4) is 0 Å². The molecule has 122 valence electrons. The molecule has 1 atom stereocenters. The lowest BCUT2D eigenvalue weighted by Gasteiger charge is -2.19. The van der Waals surface area contributed by atoms with E-state index >= 15 is 0 Å². The maximum atomic E-state index is 12.3. The Kier molecular flexibility index (Phi) is 6.84. The van der Waals surface area contributed by atoms with E-state index in [4.69, 9.17) is 5.73 Å². The summed E-state index contributed by atoms with van der Waals surface area (Å²) in [5, 5.41) is 0. The monoisotopic (exact) mass is 325 g/mol. The van der Waals surface area contributed by atoms with Gasteiger partial charge in [0.15, 0.2) is 0 Å². The summed E-state index contributed by atoms with van der Waals surface area (Å²) < 4.78 is 0. The molecule has 1 heterocycles. The molecule has 0 radical (unpaired) electrons. The van der Waals surface area contributed by atoms with Crippen molar-refractivity contribution in [1.29, 1.82) is 0 Å². The fourth-order valence-electron chi connectivity index (χ4n) is 2.60. The highest BCUT2D eigenvalue weighted by atomic mass is 35.5. The van der Waals surface area contributed by atoms with Gasteiger partial charge in [0.25, 0.3) is 11.8 Å². The van der Waals surface area contributed by atoms with Gasteiger partial charge in [-0.05, 0) is 44.5 Å². The lowest BCUT2D eigenvalue weighted by Crippen LogP contribution is -2.32. The molecule has 1 aliphatic heterocycles. The molecule has 0 bridgehead atoms. The second kappa shape index (κ2) is 8.15. The first-order chi connectivity index (χ1) is 10.1. The van der Waals surface area contributed by atoms with E-state index in [-0.39, 0.29) is 30.3 Å². The van der Waals surface area contributed by atoms with Crippen LogP contribution >= 0.6 is 12.4 Å². The van der Waals surface area contributed by atoms with Crippen molar-refractivity contribution in [2.75, 3.05) is 26.2 Å². The van der Waals surface area contributed by atoms with Gasteiger partial charge in [0, 0.05) is 43.3 Å². The van der Waals surface area contributed by atoms with Crippen molar-refractivity contribution in [2.45, 2.75) is 26.3 Å². The molecule has 1 aromatic rings. The average molecular weight is 326 g/mol. The fraction of sp³-hybridized carbons (Fsp3) is 0.500. The molecular weight excluding hydrogens is 302 g/mol. The van der Waals surface area contributed by atoms with Crippen LogP contribution in [0, 0.1) is 0 Å². The summed E-state index contributed by atoms with van der Waals surface area (Å²) in [6, 6.07) is 6.98.